The molecule has 6 nitrogen and oxygen atoms in total. The molecule has 0 spiro atoms. The van der Waals surface area contributed by atoms with E-state index in [0.717, 1.165) is 29.7 Å². The fourth-order valence-corrected chi connectivity index (χ4v) is 3.67. The van der Waals surface area contributed by atoms with Gasteiger partial charge in [-0.05, 0) is 36.0 Å². The van der Waals surface area contributed by atoms with Gasteiger partial charge < -0.3 is 10.0 Å². The van der Waals surface area contributed by atoms with E-state index in [-0.39, 0.29) is 12.3 Å². The Hall–Kier alpha value is -2.63. The molecule has 26 heavy (non-hydrogen) atoms. The topological polar surface area (TPSA) is 75.4 Å². The molecular formula is C20H25N3O3. The molecule has 0 saturated carbocycles. The summed E-state index contributed by atoms with van der Waals surface area (Å²) in [5.41, 5.74) is 3.45. The highest BCUT2D eigenvalue weighted by molar-refractivity contribution is 5.93. The van der Waals surface area contributed by atoms with Crippen LogP contribution in [0.2, 0.25) is 0 Å². The highest BCUT2D eigenvalue weighted by Gasteiger charge is 2.34. The maximum atomic E-state index is 13.2. The number of nitrogens with zero attached hydrogens (tertiary/aromatic N) is 3. The minimum atomic E-state index is -0.907. The second-order valence-corrected chi connectivity index (χ2v) is 7.30. The molecule has 138 valence electrons. The van der Waals surface area contributed by atoms with Gasteiger partial charge in [0.1, 0.15) is 5.69 Å². The van der Waals surface area contributed by atoms with Gasteiger partial charge in [0, 0.05) is 13.6 Å². The number of hydrogen-bond donors (Lipinski definition) is 1. The largest absolute Gasteiger partial charge is 0.481 e. The summed E-state index contributed by atoms with van der Waals surface area (Å²) < 4.78 is 1.61. The molecule has 1 atom stereocenters. The number of carboxylic acids is 1. The van der Waals surface area contributed by atoms with Crippen molar-refractivity contribution in [3.8, 4) is 0 Å². The summed E-state index contributed by atoms with van der Waals surface area (Å²) in [5.74, 6) is -0.611. The standard InChI is InChI=1S/C20H25N3O3/c1-13(2)10-15-11-18(22(3)21-15)20(26)23-9-8-14-6-4-5-7-16(14)17(23)12-19(24)25/h4-7,11,13,17H,8-10,12H2,1-3H3,(H,24,25)/t17-/m0/s1. The summed E-state index contributed by atoms with van der Waals surface area (Å²) in [6.45, 7) is 4.74. The van der Waals surface area contributed by atoms with Gasteiger partial charge in [0.15, 0.2) is 0 Å². The maximum absolute atomic E-state index is 13.2. The van der Waals surface area contributed by atoms with Crippen LogP contribution in [0.15, 0.2) is 30.3 Å². The van der Waals surface area contributed by atoms with Gasteiger partial charge in [-0.25, -0.2) is 0 Å². The van der Waals surface area contributed by atoms with Crippen LogP contribution in [0.1, 0.15) is 53.6 Å². The summed E-state index contributed by atoms with van der Waals surface area (Å²) in [6, 6.07) is 9.17. The zero-order valence-corrected chi connectivity index (χ0v) is 15.5. The first-order valence-electron chi connectivity index (χ1n) is 9.00. The molecule has 6 heteroatoms. The third-order valence-corrected chi connectivity index (χ3v) is 4.81. The summed E-state index contributed by atoms with van der Waals surface area (Å²) in [5, 5.41) is 13.8. The first-order valence-corrected chi connectivity index (χ1v) is 9.00. The normalized spacial score (nSPS) is 16.6. The molecule has 1 aromatic heterocycles. The van der Waals surface area contributed by atoms with Gasteiger partial charge in [-0.1, -0.05) is 38.1 Å². The lowest BCUT2D eigenvalue weighted by atomic mass is 9.90. The Morgan fingerprint density at radius 3 is 2.73 bits per heavy atom. The van der Waals surface area contributed by atoms with E-state index in [2.05, 4.69) is 18.9 Å². The summed E-state index contributed by atoms with van der Waals surface area (Å²) in [6.07, 6.45) is 1.44. The second-order valence-electron chi connectivity index (χ2n) is 7.30. The molecule has 0 fully saturated rings. The predicted octanol–water partition coefficient (Wildman–Crippen LogP) is 2.83. The van der Waals surface area contributed by atoms with E-state index >= 15 is 0 Å². The van der Waals surface area contributed by atoms with E-state index in [1.807, 2.05) is 30.3 Å². The van der Waals surface area contributed by atoms with Crippen LogP contribution in [0.5, 0.6) is 0 Å². The van der Waals surface area contributed by atoms with E-state index in [1.54, 1.807) is 16.6 Å². The number of carbonyl (C=O) groups is 2. The Morgan fingerprint density at radius 2 is 2.04 bits per heavy atom. The number of carbonyl (C=O) groups excluding carboxylic acids is 1. The van der Waals surface area contributed by atoms with E-state index in [9.17, 15) is 14.7 Å². The molecule has 1 aliphatic heterocycles. The molecule has 2 aromatic rings. The van der Waals surface area contributed by atoms with Gasteiger partial charge in [-0.2, -0.15) is 5.10 Å². The monoisotopic (exact) mass is 355 g/mol. The van der Waals surface area contributed by atoms with Crippen molar-refractivity contribution in [3.05, 3.63) is 52.8 Å². The summed E-state index contributed by atoms with van der Waals surface area (Å²) >= 11 is 0. The minimum absolute atomic E-state index is 0.0978. The van der Waals surface area contributed by atoms with Crippen molar-refractivity contribution in [2.24, 2.45) is 13.0 Å². The molecular weight excluding hydrogens is 330 g/mol. The fourth-order valence-electron chi connectivity index (χ4n) is 3.67. The number of rotatable bonds is 5. The third-order valence-electron chi connectivity index (χ3n) is 4.81. The summed E-state index contributed by atoms with van der Waals surface area (Å²) in [4.78, 5) is 26.3. The van der Waals surface area contributed by atoms with Crippen LogP contribution in [-0.2, 0) is 24.7 Å². The lowest BCUT2D eigenvalue weighted by Gasteiger charge is -2.36. The zero-order valence-electron chi connectivity index (χ0n) is 15.5. The van der Waals surface area contributed by atoms with Crippen LogP contribution in [-0.4, -0.2) is 38.2 Å². The number of amides is 1. The Bertz CT molecular complexity index is 825. The fraction of sp³-hybridized carbons (Fsp3) is 0.450. The first kappa shape index (κ1) is 18.2. The molecule has 1 aromatic carbocycles. The van der Waals surface area contributed by atoms with E-state index in [1.165, 1.54) is 0 Å². The number of benzene rings is 1. The van der Waals surface area contributed by atoms with E-state index < -0.39 is 12.0 Å². The molecule has 0 bridgehead atoms. The number of fused-ring (bicyclic) bond motifs is 1. The van der Waals surface area contributed by atoms with Crippen molar-refractivity contribution in [2.45, 2.75) is 39.2 Å². The lowest BCUT2D eigenvalue weighted by molar-refractivity contribution is -0.138. The van der Waals surface area contributed by atoms with Crippen LogP contribution in [0, 0.1) is 5.92 Å². The highest BCUT2D eigenvalue weighted by atomic mass is 16.4. The minimum Gasteiger partial charge on any atom is -0.481 e. The van der Waals surface area contributed by atoms with Crippen molar-refractivity contribution in [2.75, 3.05) is 6.54 Å². The molecule has 1 N–H and O–H groups in total. The number of hydrogen-bond acceptors (Lipinski definition) is 3. The number of aliphatic carboxylic acids is 1. The Morgan fingerprint density at radius 1 is 1.31 bits per heavy atom. The molecule has 0 saturated heterocycles. The molecule has 0 aliphatic carbocycles. The predicted molar refractivity (Wildman–Crippen MR) is 97.9 cm³/mol. The first-order chi connectivity index (χ1) is 12.4. The zero-order chi connectivity index (χ0) is 18.8. The molecule has 3 rings (SSSR count). The van der Waals surface area contributed by atoms with Crippen molar-refractivity contribution in [1.82, 2.24) is 14.7 Å². The van der Waals surface area contributed by atoms with Crippen molar-refractivity contribution in [3.63, 3.8) is 0 Å². The lowest BCUT2D eigenvalue weighted by Crippen LogP contribution is -2.41. The van der Waals surface area contributed by atoms with Crippen LogP contribution in [0.4, 0.5) is 0 Å². The Balaban J connectivity index is 1.93. The third kappa shape index (κ3) is 3.64. The molecule has 0 radical (unpaired) electrons. The van der Waals surface area contributed by atoms with E-state index in [0.29, 0.717) is 18.2 Å². The molecule has 1 amide bonds. The number of aromatic nitrogens is 2. The maximum Gasteiger partial charge on any atom is 0.305 e. The second kappa shape index (κ2) is 7.32. The van der Waals surface area contributed by atoms with Gasteiger partial charge in [-0.15, -0.1) is 0 Å². The molecule has 0 unspecified atom stereocenters. The van der Waals surface area contributed by atoms with Gasteiger partial charge in [0.2, 0.25) is 0 Å². The van der Waals surface area contributed by atoms with Crippen LogP contribution >= 0.6 is 0 Å². The highest BCUT2D eigenvalue weighted by Crippen LogP contribution is 2.33. The van der Waals surface area contributed by atoms with Gasteiger partial charge in [-0.3, -0.25) is 14.3 Å². The van der Waals surface area contributed by atoms with Gasteiger partial charge in [0.05, 0.1) is 18.2 Å². The SMILES string of the molecule is CC(C)Cc1cc(C(=O)N2CCc3ccccc3[C@@H]2CC(=O)O)n(C)n1. The van der Waals surface area contributed by atoms with Crippen LogP contribution in [0.3, 0.4) is 0 Å². The van der Waals surface area contributed by atoms with Crippen molar-refractivity contribution >= 4 is 11.9 Å². The molecule has 1 aliphatic rings. The Kier molecular flexibility index (Phi) is 5.11. The van der Waals surface area contributed by atoms with Crippen molar-refractivity contribution in [1.29, 1.82) is 0 Å². The average molecular weight is 355 g/mol. The van der Waals surface area contributed by atoms with E-state index in [4.69, 9.17) is 0 Å². The number of aryl methyl sites for hydroxylation is 1. The van der Waals surface area contributed by atoms with Crippen molar-refractivity contribution < 1.29 is 14.7 Å². The smallest absolute Gasteiger partial charge is 0.305 e. The van der Waals surface area contributed by atoms with Crippen LogP contribution in [0.25, 0.3) is 0 Å². The quantitative estimate of drug-likeness (QED) is 0.895. The Labute approximate surface area is 153 Å². The summed E-state index contributed by atoms with van der Waals surface area (Å²) in [7, 11) is 1.77. The average Bonchev–Trinajstić information content (AvgIpc) is 2.93. The van der Waals surface area contributed by atoms with Crippen LogP contribution < -0.4 is 0 Å². The molecule has 2 heterocycles. The number of carboxylic acid groups (broad SMARTS) is 1. The van der Waals surface area contributed by atoms with Gasteiger partial charge >= 0.3 is 5.97 Å². The van der Waals surface area contributed by atoms with Gasteiger partial charge in [0.25, 0.3) is 5.91 Å².